The molecule has 0 saturated carbocycles. The number of amides is 1. The normalized spacial score (nSPS) is 10.6. The van der Waals surface area contributed by atoms with E-state index in [1.807, 2.05) is 24.3 Å². The van der Waals surface area contributed by atoms with Gasteiger partial charge in [0.05, 0.1) is 24.2 Å². The number of nitrogens with zero attached hydrogens (tertiary/aromatic N) is 5. The molecular formula is C19H16ClN7O2S2. The fourth-order valence-electron chi connectivity index (χ4n) is 2.60. The van der Waals surface area contributed by atoms with Crippen LogP contribution in [0.15, 0.2) is 59.5 Å². The van der Waals surface area contributed by atoms with Crippen LogP contribution in [0.25, 0.3) is 5.69 Å². The van der Waals surface area contributed by atoms with Gasteiger partial charge >= 0.3 is 0 Å². The SMILES string of the molecule is COc1cccc(Nc2nnc(SCC(=O)Nc3cc(Cl)ccc3-n3cncn3)s2)c1. The molecule has 0 fully saturated rings. The molecule has 0 unspecified atom stereocenters. The van der Waals surface area contributed by atoms with Crippen molar-refractivity contribution in [3.05, 3.63) is 60.1 Å². The molecule has 4 rings (SSSR count). The molecule has 0 spiro atoms. The Kier molecular flexibility index (Phi) is 6.65. The second kappa shape index (κ2) is 9.77. The third kappa shape index (κ3) is 5.51. The van der Waals surface area contributed by atoms with Crippen LogP contribution in [0, 0.1) is 0 Å². The lowest BCUT2D eigenvalue weighted by Gasteiger charge is -2.11. The van der Waals surface area contributed by atoms with Gasteiger partial charge in [-0.05, 0) is 30.3 Å². The molecule has 0 radical (unpaired) electrons. The first-order valence-corrected chi connectivity index (χ1v) is 11.1. The van der Waals surface area contributed by atoms with Gasteiger partial charge in [0.1, 0.15) is 18.4 Å². The molecule has 9 nitrogen and oxygen atoms in total. The number of halogens is 1. The van der Waals surface area contributed by atoms with Crippen molar-refractivity contribution in [2.45, 2.75) is 4.34 Å². The number of ether oxygens (including phenoxy) is 1. The van der Waals surface area contributed by atoms with Gasteiger partial charge in [-0.15, -0.1) is 10.2 Å². The van der Waals surface area contributed by atoms with Crippen LogP contribution in [-0.2, 0) is 4.79 Å². The number of rotatable bonds is 8. The number of hydrogen-bond acceptors (Lipinski definition) is 9. The molecule has 1 amide bonds. The van der Waals surface area contributed by atoms with Gasteiger partial charge in [0.15, 0.2) is 4.34 Å². The molecule has 0 saturated heterocycles. The van der Waals surface area contributed by atoms with Crippen LogP contribution in [0.2, 0.25) is 5.02 Å². The Morgan fingerprint density at radius 3 is 2.97 bits per heavy atom. The first-order valence-electron chi connectivity index (χ1n) is 8.92. The maximum atomic E-state index is 12.5. The fourth-order valence-corrected chi connectivity index (χ4v) is 4.34. The molecule has 31 heavy (non-hydrogen) atoms. The predicted octanol–water partition coefficient (Wildman–Crippen LogP) is 4.26. The Morgan fingerprint density at radius 2 is 2.16 bits per heavy atom. The Labute approximate surface area is 190 Å². The molecule has 2 aromatic carbocycles. The van der Waals surface area contributed by atoms with Crippen molar-refractivity contribution in [1.82, 2.24) is 25.0 Å². The largest absolute Gasteiger partial charge is 0.497 e. The molecule has 12 heteroatoms. The molecule has 4 aromatic rings. The highest BCUT2D eigenvalue weighted by atomic mass is 35.5. The smallest absolute Gasteiger partial charge is 0.234 e. The van der Waals surface area contributed by atoms with Gasteiger partial charge in [0.2, 0.25) is 11.0 Å². The summed E-state index contributed by atoms with van der Waals surface area (Å²) in [5.74, 6) is 0.704. The van der Waals surface area contributed by atoms with Gasteiger partial charge in [-0.25, -0.2) is 9.67 Å². The summed E-state index contributed by atoms with van der Waals surface area (Å²) in [6.45, 7) is 0. The summed E-state index contributed by atoms with van der Waals surface area (Å²) in [4.78, 5) is 16.4. The van der Waals surface area contributed by atoms with Crippen molar-refractivity contribution in [2.24, 2.45) is 0 Å². The monoisotopic (exact) mass is 473 g/mol. The van der Waals surface area contributed by atoms with Gasteiger partial charge < -0.3 is 15.4 Å². The number of aromatic nitrogens is 5. The van der Waals surface area contributed by atoms with Crippen molar-refractivity contribution < 1.29 is 9.53 Å². The summed E-state index contributed by atoms with van der Waals surface area (Å²) in [6, 6.07) is 12.7. The number of hydrogen-bond donors (Lipinski definition) is 2. The molecule has 0 atom stereocenters. The quantitative estimate of drug-likeness (QED) is 0.366. The maximum Gasteiger partial charge on any atom is 0.234 e. The number of carbonyl (C=O) groups excluding carboxylic acids is 1. The molecule has 2 aromatic heterocycles. The number of nitrogens with one attached hydrogen (secondary N) is 2. The zero-order valence-corrected chi connectivity index (χ0v) is 18.5. The van der Waals surface area contributed by atoms with Gasteiger partial charge in [-0.2, -0.15) is 5.10 Å². The van der Waals surface area contributed by atoms with E-state index in [-0.39, 0.29) is 11.7 Å². The van der Waals surface area contributed by atoms with Crippen molar-refractivity contribution in [1.29, 1.82) is 0 Å². The summed E-state index contributed by atoms with van der Waals surface area (Å²) >= 11 is 8.74. The molecule has 0 aliphatic heterocycles. The van der Waals surface area contributed by atoms with Crippen molar-refractivity contribution in [3.63, 3.8) is 0 Å². The minimum Gasteiger partial charge on any atom is -0.497 e. The van der Waals surface area contributed by atoms with Crippen molar-refractivity contribution >= 4 is 57.1 Å². The molecular weight excluding hydrogens is 458 g/mol. The second-order valence-corrected chi connectivity index (χ2v) is 8.70. The zero-order chi connectivity index (χ0) is 21.6. The van der Waals surface area contributed by atoms with Gasteiger partial charge in [-0.3, -0.25) is 4.79 Å². The Hall–Kier alpha value is -3.15. The molecule has 0 aliphatic carbocycles. The topological polar surface area (TPSA) is 107 Å². The van der Waals surface area contributed by atoms with Crippen molar-refractivity contribution in [2.75, 3.05) is 23.5 Å². The standard InChI is InChI=1S/C19H16ClN7O2S2/c1-29-14-4-2-3-13(8-14)23-18-25-26-19(31-18)30-9-17(28)24-15-7-12(20)5-6-16(15)27-11-21-10-22-27/h2-8,10-11H,9H2,1H3,(H,23,25)(H,24,28). The van der Waals surface area contributed by atoms with Crippen LogP contribution in [0.3, 0.4) is 0 Å². The highest BCUT2D eigenvalue weighted by Crippen LogP contribution is 2.29. The van der Waals surface area contributed by atoms with Crippen molar-refractivity contribution in [3.8, 4) is 11.4 Å². The van der Waals surface area contributed by atoms with Crippen LogP contribution in [0.5, 0.6) is 5.75 Å². The Morgan fingerprint density at radius 1 is 1.26 bits per heavy atom. The van der Waals surface area contributed by atoms with Crippen LogP contribution < -0.4 is 15.4 Å². The lowest BCUT2D eigenvalue weighted by Crippen LogP contribution is -2.16. The first kappa shape index (κ1) is 21.1. The molecule has 158 valence electrons. The molecule has 2 heterocycles. The highest BCUT2D eigenvalue weighted by molar-refractivity contribution is 8.01. The van der Waals surface area contributed by atoms with E-state index < -0.39 is 0 Å². The van der Waals surface area contributed by atoms with Gasteiger partial charge in [0.25, 0.3) is 0 Å². The zero-order valence-electron chi connectivity index (χ0n) is 16.2. The number of thioether (sulfide) groups is 1. The average Bonchev–Trinajstić information content (AvgIpc) is 3.45. The number of benzene rings is 2. The predicted molar refractivity (Wildman–Crippen MR) is 122 cm³/mol. The summed E-state index contributed by atoms with van der Waals surface area (Å²) in [5, 5.41) is 19.5. The van der Waals surface area contributed by atoms with Gasteiger partial charge in [-0.1, -0.05) is 40.8 Å². The Bertz CT molecular complexity index is 1180. The van der Waals surface area contributed by atoms with E-state index in [4.69, 9.17) is 16.3 Å². The average molecular weight is 474 g/mol. The van der Waals surface area contributed by atoms with E-state index in [0.717, 1.165) is 11.4 Å². The van der Waals surface area contributed by atoms with Crippen LogP contribution >= 0.6 is 34.7 Å². The third-order valence-corrected chi connectivity index (χ3v) is 6.16. The summed E-state index contributed by atoms with van der Waals surface area (Å²) in [5.41, 5.74) is 2.05. The highest BCUT2D eigenvalue weighted by Gasteiger charge is 2.12. The third-order valence-electron chi connectivity index (χ3n) is 3.95. The van der Waals surface area contributed by atoms with Gasteiger partial charge in [0, 0.05) is 16.8 Å². The Balaban J connectivity index is 1.36. The van der Waals surface area contributed by atoms with Crippen LogP contribution in [0.1, 0.15) is 0 Å². The number of carbonyl (C=O) groups is 1. The summed E-state index contributed by atoms with van der Waals surface area (Å²) in [6.07, 6.45) is 2.97. The molecule has 0 aliphatic rings. The van der Waals surface area contributed by atoms with E-state index in [9.17, 15) is 4.79 Å². The number of anilines is 3. The summed E-state index contributed by atoms with van der Waals surface area (Å²) in [7, 11) is 1.61. The summed E-state index contributed by atoms with van der Waals surface area (Å²) < 4.78 is 7.44. The fraction of sp³-hybridized carbons (Fsp3) is 0.105. The molecule has 0 bridgehead atoms. The maximum absolute atomic E-state index is 12.5. The molecule has 2 N–H and O–H groups in total. The van der Waals surface area contributed by atoms with Crippen LogP contribution in [-0.4, -0.2) is 43.7 Å². The van der Waals surface area contributed by atoms with Crippen LogP contribution in [0.4, 0.5) is 16.5 Å². The van der Waals surface area contributed by atoms with E-state index in [0.29, 0.717) is 25.9 Å². The van der Waals surface area contributed by atoms with E-state index in [1.54, 1.807) is 36.3 Å². The lowest BCUT2D eigenvalue weighted by atomic mass is 10.2. The van der Waals surface area contributed by atoms with E-state index in [2.05, 4.69) is 30.9 Å². The second-order valence-electron chi connectivity index (χ2n) is 6.07. The van der Waals surface area contributed by atoms with E-state index in [1.165, 1.54) is 29.4 Å². The minimum atomic E-state index is -0.203. The van der Waals surface area contributed by atoms with E-state index >= 15 is 0 Å². The lowest BCUT2D eigenvalue weighted by molar-refractivity contribution is -0.113. The number of methoxy groups -OCH3 is 1. The first-order chi connectivity index (χ1) is 15.1. The minimum absolute atomic E-state index is 0.164.